The molecule has 148 valence electrons. The molecule has 3 heterocycles. The van der Waals surface area contributed by atoms with E-state index in [9.17, 15) is 14.4 Å². The van der Waals surface area contributed by atoms with Gasteiger partial charge in [-0.25, -0.2) is 0 Å². The Labute approximate surface area is 162 Å². The van der Waals surface area contributed by atoms with E-state index in [-0.39, 0.29) is 29.0 Å². The maximum absolute atomic E-state index is 12.6. The van der Waals surface area contributed by atoms with Gasteiger partial charge in [-0.1, -0.05) is 0 Å². The van der Waals surface area contributed by atoms with Crippen LogP contribution in [0.1, 0.15) is 58.5 Å². The highest BCUT2D eigenvalue weighted by atomic mass is 16.2. The molecule has 0 bridgehead atoms. The third-order valence-corrected chi connectivity index (χ3v) is 6.00. The summed E-state index contributed by atoms with van der Waals surface area (Å²) in [5, 5.41) is 7.13. The van der Waals surface area contributed by atoms with Crippen LogP contribution in [0.2, 0.25) is 0 Å². The SMILES string of the molecule is Cc1c([C@@H]2[C@@H](CNC(=O)c3ccc(C4CC4)[nH]c3=O)CC(=O)N2C)cnn1C. The number of aromatic amines is 1. The van der Waals surface area contributed by atoms with Crippen molar-refractivity contribution in [1.82, 2.24) is 25.0 Å². The van der Waals surface area contributed by atoms with Gasteiger partial charge >= 0.3 is 0 Å². The Hall–Kier alpha value is -2.90. The van der Waals surface area contributed by atoms with E-state index in [1.165, 1.54) is 0 Å². The fraction of sp³-hybridized carbons (Fsp3) is 0.500. The lowest BCUT2D eigenvalue weighted by Crippen LogP contribution is -2.35. The van der Waals surface area contributed by atoms with Crippen molar-refractivity contribution in [2.75, 3.05) is 13.6 Å². The van der Waals surface area contributed by atoms with Gasteiger partial charge in [0.05, 0.1) is 12.2 Å². The van der Waals surface area contributed by atoms with Gasteiger partial charge in [0.15, 0.2) is 0 Å². The minimum atomic E-state index is -0.410. The fourth-order valence-electron chi connectivity index (χ4n) is 4.02. The lowest BCUT2D eigenvalue weighted by Gasteiger charge is -2.25. The molecule has 2 aromatic heterocycles. The molecule has 2 aliphatic rings. The van der Waals surface area contributed by atoms with Crippen molar-refractivity contribution in [3.8, 4) is 0 Å². The summed E-state index contributed by atoms with van der Waals surface area (Å²) in [6.07, 6.45) is 4.30. The number of pyridine rings is 1. The zero-order valence-corrected chi connectivity index (χ0v) is 16.4. The van der Waals surface area contributed by atoms with E-state index < -0.39 is 5.91 Å². The molecule has 0 unspecified atom stereocenters. The number of nitrogens with zero attached hydrogens (tertiary/aromatic N) is 3. The maximum Gasteiger partial charge on any atom is 0.261 e. The molecule has 2 atom stereocenters. The number of aromatic nitrogens is 3. The molecule has 4 rings (SSSR count). The van der Waals surface area contributed by atoms with Crippen LogP contribution in [0.4, 0.5) is 0 Å². The number of hydrogen-bond acceptors (Lipinski definition) is 4. The van der Waals surface area contributed by atoms with Crippen LogP contribution < -0.4 is 10.9 Å². The summed E-state index contributed by atoms with van der Waals surface area (Å²) in [6, 6.07) is 3.27. The number of amides is 2. The Kier molecular flexibility index (Phi) is 4.56. The van der Waals surface area contributed by atoms with Gasteiger partial charge in [0, 0.05) is 49.9 Å². The highest BCUT2D eigenvalue weighted by Crippen LogP contribution is 2.39. The van der Waals surface area contributed by atoms with Crippen molar-refractivity contribution in [2.24, 2.45) is 13.0 Å². The second-order valence-corrected chi connectivity index (χ2v) is 7.86. The van der Waals surface area contributed by atoms with E-state index in [2.05, 4.69) is 15.4 Å². The maximum atomic E-state index is 12.6. The van der Waals surface area contributed by atoms with Crippen molar-refractivity contribution in [1.29, 1.82) is 0 Å². The van der Waals surface area contributed by atoms with Gasteiger partial charge in [-0.15, -0.1) is 0 Å². The van der Waals surface area contributed by atoms with E-state index in [4.69, 9.17) is 0 Å². The molecule has 28 heavy (non-hydrogen) atoms. The van der Waals surface area contributed by atoms with Gasteiger partial charge < -0.3 is 15.2 Å². The third kappa shape index (κ3) is 3.23. The van der Waals surface area contributed by atoms with Crippen LogP contribution in [0, 0.1) is 12.8 Å². The quantitative estimate of drug-likeness (QED) is 0.811. The number of aryl methyl sites for hydroxylation is 1. The first-order valence-electron chi connectivity index (χ1n) is 9.62. The van der Waals surface area contributed by atoms with Crippen molar-refractivity contribution in [3.63, 3.8) is 0 Å². The summed E-state index contributed by atoms with van der Waals surface area (Å²) in [6.45, 7) is 2.29. The van der Waals surface area contributed by atoms with Crippen molar-refractivity contribution < 1.29 is 9.59 Å². The molecule has 2 amide bonds. The van der Waals surface area contributed by atoms with E-state index >= 15 is 0 Å². The molecule has 2 aromatic rings. The number of nitrogens with one attached hydrogen (secondary N) is 2. The second-order valence-electron chi connectivity index (χ2n) is 7.86. The molecule has 1 aliphatic carbocycles. The van der Waals surface area contributed by atoms with Gasteiger partial charge in [-0.05, 0) is 37.8 Å². The molecule has 0 radical (unpaired) electrons. The van der Waals surface area contributed by atoms with Gasteiger partial charge in [0.25, 0.3) is 11.5 Å². The number of likely N-dealkylation sites (tertiary alicyclic amines) is 1. The van der Waals surface area contributed by atoms with Crippen LogP contribution in [0.5, 0.6) is 0 Å². The zero-order valence-electron chi connectivity index (χ0n) is 16.4. The smallest absolute Gasteiger partial charge is 0.261 e. The van der Waals surface area contributed by atoms with Crippen LogP contribution in [0.15, 0.2) is 23.1 Å². The van der Waals surface area contributed by atoms with E-state index in [0.717, 1.165) is 29.8 Å². The summed E-state index contributed by atoms with van der Waals surface area (Å²) in [5.41, 5.74) is 2.63. The van der Waals surface area contributed by atoms with Crippen LogP contribution in [-0.2, 0) is 11.8 Å². The Balaban J connectivity index is 1.48. The fourth-order valence-corrected chi connectivity index (χ4v) is 4.02. The first-order chi connectivity index (χ1) is 13.4. The van der Waals surface area contributed by atoms with E-state index in [1.807, 2.05) is 20.0 Å². The van der Waals surface area contributed by atoms with Crippen LogP contribution in [0.25, 0.3) is 0 Å². The van der Waals surface area contributed by atoms with Gasteiger partial charge in [0.1, 0.15) is 5.56 Å². The average molecular weight is 383 g/mol. The lowest BCUT2D eigenvalue weighted by atomic mass is 9.94. The molecular weight excluding hydrogens is 358 g/mol. The number of rotatable bonds is 5. The molecule has 1 saturated heterocycles. The second kappa shape index (κ2) is 6.92. The van der Waals surface area contributed by atoms with Gasteiger partial charge in [-0.2, -0.15) is 5.10 Å². The average Bonchev–Trinajstić information content (AvgIpc) is 3.42. The van der Waals surface area contributed by atoms with Crippen molar-refractivity contribution >= 4 is 11.8 Å². The minimum Gasteiger partial charge on any atom is -0.351 e. The van der Waals surface area contributed by atoms with Crippen LogP contribution in [-0.4, -0.2) is 45.1 Å². The van der Waals surface area contributed by atoms with Crippen LogP contribution in [0.3, 0.4) is 0 Å². The van der Waals surface area contributed by atoms with Crippen molar-refractivity contribution in [3.05, 3.63) is 51.2 Å². The number of carbonyl (C=O) groups is 2. The third-order valence-electron chi connectivity index (χ3n) is 6.00. The lowest BCUT2D eigenvalue weighted by molar-refractivity contribution is -0.127. The number of carbonyl (C=O) groups excluding carboxylic acids is 2. The molecular formula is C20H25N5O3. The predicted octanol–water partition coefficient (Wildman–Crippen LogP) is 1.24. The standard InChI is InChI=1S/C20H25N5O3/c1-11-15(10-22-25(11)3)18-13(8-17(26)24(18)2)9-21-19(27)14-6-7-16(12-4-5-12)23-20(14)28/h6-7,10,12-13,18H,4-5,8-9H2,1-3H3,(H,21,27)(H,23,28)/t13-,18+/m1/s1. The number of H-pyrrole nitrogens is 1. The molecule has 1 aliphatic heterocycles. The molecule has 8 heteroatoms. The molecule has 0 aromatic carbocycles. The molecule has 0 spiro atoms. The summed E-state index contributed by atoms with van der Waals surface area (Å²) in [7, 11) is 3.65. The predicted molar refractivity (Wildman–Crippen MR) is 103 cm³/mol. The molecule has 2 N–H and O–H groups in total. The minimum absolute atomic E-state index is 0.0409. The molecule has 1 saturated carbocycles. The van der Waals surface area contributed by atoms with E-state index in [0.29, 0.717) is 18.9 Å². The summed E-state index contributed by atoms with van der Waals surface area (Å²) < 4.78 is 1.78. The zero-order chi connectivity index (χ0) is 20.0. The molecule has 8 nitrogen and oxygen atoms in total. The summed E-state index contributed by atoms with van der Waals surface area (Å²) in [4.78, 5) is 41.6. The summed E-state index contributed by atoms with van der Waals surface area (Å²) in [5.74, 6) is -0.0195. The molecule has 2 fully saturated rings. The topological polar surface area (TPSA) is 100 Å². The van der Waals surface area contributed by atoms with Gasteiger partial charge in [0.2, 0.25) is 5.91 Å². The highest BCUT2D eigenvalue weighted by Gasteiger charge is 2.40. The van der Waals surface area contributed by atoms with Crippen molar-refractivity contribution in [2.45, 2.75) is 38.1 Å². The Bertz CT molecular complexity index is 988. The number of hydrogen-bond donors (Lipinski definition) is 2. The first-order valence-corrected chi connectivity index (χ1v) is 9.62. The Morgan fingerprint density at radius 3 is 2.64 bits per heavy atom. The van der Waals surface area contributed by atoms with Gasteiger partial charge in [-0.3, -0.25) is 19.1 Å². The summed E-state index contributed by atoms with van der Waals surface area (Å²) >= 11 is 0. The van der Waals surface area contributed by atoms with E-state index in [1.54, 1.807) is 28.9 Å². The monoisotopic (exact) mass is 383 g/mol. The highest BCUT2D eigenvalue weighted by molar-refractivity contribution is 5.93. The Morgan fingerprint density at radius 1 is 1.29 bits per heavy atom. The van der Waals surface area contributed by atoms with Crippen LogP contribution >= 0.6 is 0 Å². The first kappa shape index (κ1) is 18.5. The Morgan fingerprint density at radius 2 is 2.04 bits per heavy atom. The largest absolute Gasteiger partial charge is 0.351 e. The normalized spacial score (nSPS) is 22.0.